The van der Waals surface area contributed by atoms with Crippen LogP contribution in [0.4, 0.5) is 17.1 Å². The van der Waals surface area contributed by atoms with Crippen molar-refractivity contribution in [3.8, 4) is 44.5 Å². The first-order valence-corrected chi connectivity index (χ1v) is 23.1. The molecule has 1 spiro atoms. The number of benzene rings is 9. The van der Waals surface area contributed by atoms with Gasteiger partial charge in [-0.15, -0.1) is 11.3 Å². The largest absolute Gasteiger partial charge is 0.310 e. The number of anilines is 3. The van der Waals surface area contributed by atoms with E-state index < -0.39 is 0 Å². The van der Waals surface area contributed by atoms with Gasteiger partial charge in [-0.05, 0) is 121 Å². The Balaban J connectivity index is 1.05. The van der Waals surface area contributed by atoms with E-state index in [0.717, 1.165) is 5.69 Å². The SMILES string of the molecule is CC1(C)c2ccccc2-c2cccc(-c3cccc(N(c4ccc5c(c4)C4(CCCC4)c4ccccc4-5)c4ccccc4-c4cccc5sc6c7ccccc7ccc6c45)c3)c21. The number of nitrogens with zero attached hydrogens (tertiary/aromatic N) is 1. The zero-order valence-electron chi connectivity index (χ0n) is 35.1. The van der Waals surface area contributed by atoms with Gasteiger partial charge in [-0.1, -0.05) is 178 Å². The van der Waals surface area contributed by atoms with Gasteiger partial charge in [0.15, 0.2) is 0 Å². The van der Waals surface area contributed by atoms with E-state index in [-0.39, 0.29) is 10.8 Å². The minimum atomic E-state index is -0.122. The van der Waals surface area contributed by atoms with Gasteiger partial charge in [0, 0.05) is 47.9 Å². The summed E-state index contributed by atoms with van der Waals surface area (Å²) >= 11 is 1.92. The molecule has 13 rings (SSSR count). The summed E-state index contributed by atoms with van der Waals surface area (Å²) < 4.78 is 2.67. The lowest BCUT2D eigenvalue weighted by molar-refractivity contribution is 0.550. The molecular formula is C60H45NS. The predicted octanol–water partition coefficient (Wildman–Crippen LogP) is 17.2. The highest BCUT2D eigenvalue weighted by Crippen LogP contribution is 2.59. The molecule has 3 aliphatic rings. The van der Waals surface area contributed by atoms with Crippen LogP contribution in [0.2, 0.25) is 0 Å². The van der Waals surface area contributed by atoms with Crippen molar-refractivity contribution in [2.24, 2.45) is 0 Å². The van der Waals surface area contributed by atoms with Gasteiger partial charge in [-0.2, -0.15) is 0 Å². The van der Waals surface area contributed by atoms with Crippen molar-refractivity contribution in [2.45, 2.75) is 50.4 Å². The third-order valence-corrected chi connectivity index (χ3v) is 16.0. The summed E-state index contributed by atoms with van der Waals surface area (Å²) in [5.41, 5.74) is 19.8. The first-order chi connectivity index (χ1) is 30.5. The van der Waals surface area contributed by atoms with Gasteiger partial charge in [0.25, 0.3) is 0 Å². The molecule has 62 heavy (non-hydrogen) atoms. The Morgan fingerprint density at radius 3 is 1.97 bits per heavy atom. The first kappa shape index (κ1) is 36.0. The van der Waals surface area contributed by atoms with Crippen LogP contribution < -0.4 is 4.90 Å². The number of hydrogen-bond donors (Lipinski definition) is 0. The fraction of sp³-hybridized carbons (Fsp3) is 0.133. The van der Waals surface area contributed by atoms with Crippen LogP contribution in [0.15, 0.2) is 188 Å². The molecule has 0 bridgehead atoms. The number of fused-ring (bicyclic) bond motifs is 13. The molecule has 0 aliphatic heterocycles. The second kappa shape index (κ2) is 13.4. The highest BCUT2D eigenvalue weighted by molar-refractivity contribution is 7.26. The molecule has 0 unspecified atom stereocenters. The van der Waals surface area contributed by atoms with E-state index in [1.54, 1.807) is 0 Å². The van der Waals surface area contributed by atoms with Crippen LogP contribution >= 0.6 is 11.3 Å². The minimum absolute atomic E-state index is 0.0596. The van der Waals surface area contributed by atoms with E-state index >= 15 is 0 Å². The Bertz CT molecular complexity index is 3470. The third-order valence-electron chi connectivity index (χ3n) is 14.8. The number of thiophene rings is 1. The number of hydrogen-bond acceptors (Lipinski definition) is 2. The van der Waals surface area contributed by atoms with Crippen molar-refractivity contribution in [2.75, 3.05) is 4.90 Å². The molecular weight excluding hydrogens is 767 g/mol. The Hall–Kier alpha value is -6.74. The molecule has 1 aromatic heterocycles. The van der Waals surface area contributed by atoms with Crippen LogP contribution in [0.25, 0.3) is 75.5 Å². The molecule has 0 saturated heterocycles. The Kier molecular flexibility index (Phi) is 7.76. The molecule has 0 N–H and O–H groups in total. The van der Waals surface area contributed by atoms with Crippen LogP contribution in [0.3, 0.4) is 0 Å². The lowest BCUT2D eigenvalue weighted by atomic mass is 9.76. The normalized spacial score (nSPS) is 15.3. The van der Waals surface area contributed by atoms with Gasteiger partial charge < -0.3 is 4.90 Å². The maximum Gasteiger partial charge on any atom is 0.0540 e. The molecule has 9 aromatic carbocycles. The smallest absolute Gasteiger partial charge is 0.0540 e. The Labute approximate surface area is 367 Å². The molecule has 0 atom stereocenters. The van der Waals surface area contributed by atoms with Crippen LogP contribution in [0.1, 0.15) is 61.8 Å². The quantitative estimate of drug-likeness (QED) is 0.167. The standard InChI is InChI=1S/C60H45NS/c1-59(2)51-26-8-5-21-45(51)49-25-14-23-42(57(49)59)39-17-13-18-40(36-39)61(41-31-33-46-44-20-6-9-27-52(44)60(53(46)37-41)34-11-12-35-60)54-28-10-7-22-47(54)48-24-15-29-55-56(48)50-32-30-38-16-3-4-19-43(38)58(50)62-55/h3-10,13-33,36-37H,11-12,34-35H2,1-2H3. The predicted molar refractivity (Wildman–Crippen MR) is 265 cm³/mol. The molecule has 1 nitrogen and oxygen atoms in total. The fourth-order valence-corrected chi connectivity index (χ4v) is 13.4. The zero-order chi connectivity index (χ0) is 41.2. The molecule has 0 radical (unpaired) electrons. The van der Waals surface area contributed by atoms with E-state index in [0.29, 0.717) is 0 Å². The van der Waals surface area contributed by atoms with Gasteiger partial charge in [-0.25, -0.2) is 0 Å². The van der Waals surface area contributed by atoms with Crippen molar-refractivity contribution in [3.05, 3.63) is 210 Å². The summed E-state index contributed by atoms with van der Waals surface area (Å²) in [5, 5.41) is 5.26. The van der Waals surface area contributed by atoms with Crippen LogP contribution in [-0.4, -0.2) is 0 Å². The highest BCUT2D eigenvalue weighted by Gasteiger charge is 2.45. The maximum atomic E-state index is 2.57. The zero-order valence-corrected chi connectivity index (χ0v) is 35.9. The Morgan fingerprint density at radius 2 is 1.10 bits per heavy atom. The maximum absolute atomic E-state index is 2.57. The van der Waals surface area contributed by atoms with E-state index in [2.05, 4.69) is 207 Å². The van der Waals surface area contributed by atoms with E-state index in [1.165, 1.54) is 135 Å². The summed E-state index contributed by atoms with van der Waals surface area (Å²) in [6.07, 6.45) is 4.93. The molecule has 1 saturated carbocycles. The van der Waals surface area contributed by atoms with Crippen LogP contribution in [0, 0.1) is 0 Å². The van der Waals surface area contributed by atoms with Crippen LogP contribution in [0.5, 0.6) is 0 Å². The second-order valence-corrected chi connectivity index (χ2v) is 19.4. The molecule has 10 aromatic rings. The first-order valence-electron chi connectivity index (χ1n) is 22.3. The van der Waals surface area contributed by atoms with Gasteiger partial charge in [-0.3, -0.25) is 0 Å². The molecule has 1 heterocycles. The fourth-order valence-electron chi connectivity index (χ4n) is 12.1. The monoisotopic (exact) mass is 811 g/mol. The average molecular weight is 812 g/mol. The van der Waals surface area contributed by atoms with Crippen molar-refractivity contribution in [3.63, 3.8) is 0 Å². The van der Waals surface area contributed by atoms with E-state index in [1.807, 2.05) is 11.3 Å². The third kappa shape index (κ3) is 5.02. The van der Waals surface area contributed by atoms with E-state index in [9.17, 15) is 0 Å². The summed E-state index contributed by atoms with van der Waals surface area (Å²) in [5.74, 6) is 0. The molecule has 2 heteroatoms. The van der Waals surface area contributed by atoms with Gasteiger partial charge in [0.05, 0.1) is 5.69 Å². The van der Waals surface area contributed by atoms with Gasteiger partial charge in [0.1, 0.15) is 0 Å². The van der Waals surface area contributed by atoms with Gasteiger partial charge >= 0.3 is 0 Å². The van der Waals surface area contributed by atoms with Crippen molar-refractivity contribution in [1.82, 2.24) is 0 Å². The number of rotatable bonds is 5. The lowest BCUT2D eigenvalue weighted by Gasteiger charge is -2.31. The molecule has 0 amide bonds. The summed E-state index contributed by atoms with van der Waals surface area (Å²) in [6, 6.07) is 71.4. The average Bonchev–Trinajstić information content (AvgIpc) is 4.09. The summed E-state index contributed by atoms with van der Waals surface area (Å²) in [7, 11) is 0. The Morgan fingerprint density at radius 1 is 0.452 bits per heavy atom. The van der Waals surface area contributed by atoms with Crippen molar-refractivity contribution in [1.29, 1.82) is 0 Å². The highest BCUT2D eigenvalue weighted by atomic mass is 32.1. The van der Waals surface area contributed by atoms with Crippen LogP contribution in [-0.2, 0) is 10.8 Å². The van der Waals surface area contributed by atoms with E-state index in [4.69, 9.17) is 0 Å². The molecule has 3 aliphatic carbocycles. The number of para-hydroxylation sites is 1. The molecule has 1 fully saturated rings. The van der Waals surface area contributed by atoms with Gasteiger partial charge in [0.2, 0.25) is 0 Å². The van der Waals surface area contributed by atoms with Crippen molar-refractivity contribution >= 4 is 59.3 Å². The summed E-state index contributed by atoms with van der Waals surface area (Å²) in [4.78, 5) is 2.57. The minimum Gasteiger partial charge on any atom is -0.310 e. The topological polar surface area (TPSA) is 3.24 Å². The lowest BCUT2D eigenvalue weighted by Crippen LogP contribution is -2.21. The molecule has 296 valence electrons. The van der Waals surface area contributed by atoms with Crippen molar-refractivity contribution < 1.29 is 0 Å². The summed E-state index contributed by atoms with van der Waals surface area (Å²) in [6.45, 7) is 4.79. The second-order valence-electron chi connectivity index (χ2n) is 18.3.